The van der Waals surface area contributed by atoms with Crippen LogP contribution in [-0.4, -0.2) is 26.1 Å². The Hall–Kier alpha value is -3.16. The standard InChI is InChI=1S/C35H40F4O3/c1-3-5-7-8-9-11-21-40-30-20-19-28(34(38)35(30)39)25-15-13-24(14-16-25)27-17-18-29(33(37)32(27)36)26-22-41-31(42-23-26)12-10-6-4-2/h4,6,13-20,26,31H,3,5,7-12,21-23H2,1-2H3/b6-4+. The van der Waals surface area contributed by atoms with Crippen LogP contribution in [0.15, 0.2) is 60.7 Å². The van der Waals surface area contributed by atoms with Crippen LogP contribution >= 0.6 is 0 Å². The molecule has 4 rings (SSSR count). The molecule has 42 heavy (non-hydrogen) atoms. The minimum Gasteiger partial charge on any atom is -0.490 e. The van der Waals surface area contributed by atoms with Crippen LogP contribution in [0.5, 0.6) is 5.75 Å². The molecule has 0 unspecified atom stereocenters. The third-order valence-corrected chi connectivity index (χ3v) is 7.63. The fourth-order valence-electron chi connectivity index (χ4n) is 5.15. The third kappa shape index (κ3) is 8.01. The van der Waals surface area contributed by atoms with Crippen LogP contribution in [0.1, 0.15) is 76.7 Å². The maximum Gasteiger partial charge on any atom is 0.201 e. The first-order valence-corrected chi connectivity index (χ1v) is 15.0. The summed E-state index contributed by atoms with van der Waals surface area (Å²) in [4.78, 5) is 0. The number of hydrogen-bond donors (Lipinski definition) is 0. The highest BCUT2D eigenvalue weighted by Crippen LogP contribution is 2.35. The van der Waals surface area contributed by atoms with E-state index in [2.05, 4.69) is 6.92 Å². The molecule has 0 N–H and O–H groups in total. The summed E-state index contributed by atoms with van der Waals surface area (Å²) in [6, 6.07) is 12.2. The molecule has 1 aliphatic heterocycles. The SMILES string of the molecule is C/C=C/CCC1OCC(c2ccc(-c3ccc(-c4ccc(OCCCCCCCC)c(F)c4F)cc3)c(F)c2F)CO1. The number of unbranched alkanes of at least 4 members (excludes halogenated alkanes) is 5. The van der Waals surface area contributed by atoms with Crippen LogP contribution < -0.4 is 4.74 Å². The van der Waals surface area contributed by atoms with E-state index in [1.165, 1.54) is 37.5 Å². The van der Waals surface area contributed by atoms with Gasteiger partial charge in [0, 0.05) is 23.5 Å². The Morgan fingerprint density at radius 2 is 1.33 bits per heavy atom. The molecule has 0 aromatic heterocycles. The molecular weight excluding hydrogens is 544 g/mol. The number of benzene rings is 3. The Morgan fingerprint density at radius 3 is 1.98 bits per heavy atom. The molecule has 0 saturated carbocycles. The molecule has 226 valence electrons. The first-order valence-electron chi connectivity index (χ1n) is 15.0. The molecule has 1 aliphatic rings. The van der Waals surface area contributed by atoms with E-state index in [9.17, 15) is 8.78 Å². The van der Waals surface area contributed by atoms with Crippen molar-refractivity contribution in [2.24, 2.45) is 0 Å². The highest BCUT2D eigenvalue weighted by Gasteiger charge is 2.27. The van der Waals surface area contributed by atoms with Gasteiger partial charge in [-0.2, -0.15) is 4.39 Å². The van der Waals surface area contributed by atoms with Gasteiger partial charge in [-0.05, 0) is 48.6 Å². The first kappa shape index (κ1) is 31.8. The minimum atomic E-state index is -1.04. The largest absolute Gasteiger partial charge is 0.490 e. The van der Waals surface area contributed by atoms with E-state index < -0.39 is 29.2 Å². The van der Waals surface area contributed by atoms with Gasteiger partial charge in [0.2, 0.25) is 5.82 Å². The van der Waals surface area contributed by atoms with E-state index in [4.69, 9.17) is 14.2 Å². The molecule has 1 heterocycles. The van der Waals surface area contributed by atoms with Gasteiger partial charge in [-0.15, -0.1) is 0 Å². The second kappa shape index (κ2) is 15.9. The Labute approximate surface area is 246 Å². The molecule has 3 nitrogen and oxygen atoms in total. The van der Waals surface area contributed by atoms with E-state index in [1.54, 1.807) is 30.3 Å². The number of rotatable bonds is 14. The lowest BCUT2D eigenvalue weighted by atomic mass is 9.94. The van der Waals surface area contributed by atoms with E-state index in [0.717, 1.165) is 25.7 Å². The van der Waals surface area contributed by atoms with Crippen molar-refractivity contribution in [3.63, 3.8) is 0 Å². The van der Waals surface area contributed by atoms with Crippen molar-refractivity contribution in [3.8, 4) is 28.0 Å². The highest BCUT2D eigenvalue weighted by atomic mass is 19.2. The van der Waals surface area contributed by atoms with Gasteiger partial charge in [-0.3, -0.25) is 0 Å². The summed E-state index contributed by atoms with van der Waals surface area (Å²) in [5, 5.41) is 0. The van der Waals surface area contributed by atoms with Gasteiger partial charge in [0.1, 0.15) is 0 Å². The molecule has 0 amide bonds. The molecule has 0 radical (unpaired) electrons. The number of hydrogen-bond acceptors (Lipinski definition) is 3. The van der Waals surface area contributed by atoms with Gasteiger partial charge >= 0.3 is 0 Å². The van der Waals surface area contributed by atoms with Crippen molar-refractivity contribution in [2.75, 3.05) is 19.8 Å². The number of halogens is 4. The lowest BCUT2D eigenvalue weighted by Gasteiger charge is -2.30. The fraction of sp³-hybridized carbons (Fsp3) is 0.429. The fourth-order valence-corrected chi connectivity index (χ4v) is 5.15. The zero-order valence-electron chi connectivity index (χ0n) is 24.4. The second-order valence-corrected chi connectivity index (χ2v) is 10.7. The maximum atomic E-state index is 15.2. The van der Waals surface area contributed by atoms with Crippen molar-refractivity contribution in [1.29, 1.82) is 0 Å². The minimum absolute atomic E-state index is 0.0642. The van der Waals surface area contributed by atoms with Crippen molar-refractivity contribution in [3.05, 3.63) is 89.5 Å². The molecular formula is C35H40F4O3. The van der Waals surface area contributed by atoms with Crippen molar-refractivity contribution in [2.45, 2.75) is 77.4 Å². The molecule has 7 heteroatoms. The van der Waals surface area contributed by atoms with Crippen LogP contribution in [-0.2, 0) is 9.47 Å². The van der Waals surface area contributed by atoms with Gasteiger partial charge in [0.15, 0.2) is 29.5 Å². The smallest absolute Gasteiger partial charge is 0.201 e. The molecule has 3 aromatic carbocycles. The van der Waals surface area contributed by atoms with E-state index >= 15 is 8.78 Å². The zero-order chi connectivity index (χ0) is 29.9. The average Bonchev–Trinajstić information content (AvgIpc) is 3.01. The number of ether oxygens (including phenoxy) is 3. The quantitative estimate of drug-likeness (QED) is 0.107. The van der Waals surface area contributed by atoms with Crippen molar-refractivity contribution >= 4 is 0 Å². The van der Waals surface area contributed by atoms with Gasteiger partial charge in [-0.25, -0.2) is 13.2 Å². The van der Waals surface area contributed by atoms with Crippen LogP contribution in [0.4, 0.5) is 17.6 Å². The Balaban J connectivity index is 1.39. The van der Waals surface area contributed by atoms with Gasteiger partial charge < -0.3 is 14.2 Å². The second-order valence-electron chi connectivity index (χ2n) is 10.7. The van der Waals surface area contributed by atoms with E-state index in [1.807, 2.05) is 19.1 Å². The lowest BCUT2D eigenvalue weighted by molar-refractivity contribution is -0.189. The predicted octanol–water partition coefficient (Wildman–Crippen LogP) is 10.1. The van der Waals surface area contributed by atoms with E-state index in [0.29, 0.717) is 24.2 Å². The van der Waals surface area contributed by atoms with Gasteiger partial charge in [0.05, 0.1) is 19.8 Å². The van der Waals surface area contributed by atoms with Crippen molar-refractivity contribution < 1.29 is 31.8 Å². The summed E-state index contributed by atoms with van der Waals surface area (Å²) >= 11 is 0. The van der Waals surface area contributed by atoms with E-state index in [-0.39, 0.29) is 41.9 Å². The first-order chi connectivity index (χ1) is 20.4. The lowest BCUT2D eigenvalue weighted by Crippen LogP contribution is -2.31. The van der Waals surface area contributed by atoms with Crippen LogP contribution in [0.25, 0.3) is 22.3 Å². The van der Waals surface area contributed by atoms with Crippen LogP contribution in [0.3, 0.4) is 0 Å². The topological polar surface area (TPSA) is 27.7 Å². The molecule has 0 bridgehead atoms. The van der Waals surface area contributed by atoms with Crippen molar-refractivity contribution in [1.82, 2.24) is 0 Å². The molecule has 0 atom stereocenters. The molecule has 0 aliphatic carbocycles. The maximum absolute atomic E-state index is 15.2. The zero-order valence-corrected chi connectivity index (χ0v) is 24.4. The summed E-state index contributed by atoms with van der Waals surface area (Å²) < 4.78 is 76.9. The highest BCUT2D eigenvalue weighted by molar-refractivity contribution is 5.72. The summed E-state index contributed by atoms with van der Waals surface area (Å²) in [5.74, 6) is -4.48. The van der Waals surface area contributed by atoms with Crippen LogP contribution in [0, 0.1) is 23.3 Å². The monoisotopic (exact) mass is 584 g/mol. The molecule has 1 saturated heterocycles. The summed E-state index contributed by atoms with van der Waals surface area (Å²) in [5.41, 5.74) is 1.18. The van der Waals surface area contributed by atoms with Gasteiger partial charge in [0.25, 0.3) is 0 Å². The Morgan fingerprint density at radius 1 is 0.738 bits per heavy atom. The summed E-state index contributed by atoms with van der Waals surface area (Å²) in [6.07, 6.45) is 11.6. The summed E-state index contributed by atoms with van der Waals surface area (Å²) in [7, 11) is 0. The predicted molar refractivity (Wildman–Crippen MR) is 158 cm³/mol. The molecule has 0 spiro atoms. The molecule has 3 aromatic rings. The molecule has 1 fully saturated rings. The Bertz CT molecular complexity index is 1310. The number of allylic oxidation sites excluding steroid dienone is 2. The van der Waals surface area contributed by atoms with Gasteiger partial charge in [-0.1, -0.05) is 87.6 Å². The van der Waals surface area contributed by atoms with Crippen LogP contribution in [0.2, 0.25) is 0 Å². The third-order valence-electron chi connectivity index (χ3n) is 7.63. The summed E-state index contributed by atoms with van der Waals surface area (Å²) in [6.45, 7) is 4.92. The average molecular weight is 585 g/mol. The Kier molecular flexibility index (Phi) is 12.0. The normalized spacial score (nSPS) is 17.2.